The molecular weight excluding hydrogens is 182 g/mol. The zero-order chi connectivity index (χ0) is 10.6. The smallest absolute Gasteiger partial charge is 0.0182 e. The normalized spacial score (nSPS) is 34.2. The first-order chi connectivity index (χ1) is 7.35. The summed E-state index contributed by atoms with van der Waals surface area (Å²) in [6.45, 7) is 3.63. The van der Waals surface area contributed by atoms with Crippen LogP contribution in [0.15, 0.2) is 0 Å². The van der Waals surface area contributed by atoms with Crippen molar-refractivity contribution in [3.63, 3.8) is 0 Å². The summed E-state index contributed by atoms with van der Waals surface area (Å²) in [5.74, 6) is 1.03. The standard InChI is InChI=1S/C14H27N/c1-2-14(10-7-11-15-14)12-13-8-5-3-4-6-9-13/h13,15H,2-12H2,1H3. The molecule has 2 aliphatic rings. The van der Waals surface area contributed by atoms with Crippen LogP contribution in [0.4, 0.5) is 0 Å². The molecule has 15 heavy (non-hydrogen) atoms. The lowest BCUT2D eigenvalue weighted by atomic mass is 9.81. The van der Waals surface area contributed by atoms with Gasteiger partial charge in [0.25, 0.3) is 0 Å². The van der Waals surface area contributed by atoms with Crippen LogP contribution in [-0.2, 0) is 0 Å². The highest BCUT2D eigenvalue weighted by molar-refractivity contribution is 4.93. The van der Waals surface area contributed by atoms with Crippen molar-refractivity contribution in [2.24, 2.45) is 5.92 Å². The fraction of sp³-hybridized carbons (Fsp3) is 1.00. The van der Waals surface area contributed by atoms with E-state index in [1.54, 1.807) is 0 Å². The lowest BCUT2D eigenvalue weighted by molar-refractivity contribution is 0.258. The summed E-state index contributed by atoms with van der Waals surface area (Å²) in [4.78, 5) is 0. The first-order valence-electron chi connectivity index (χ1n) is 7.10. The van der Waals surface area contributed by atoms with Crippen LogP contribution in [0.5, 0.6) is 0 Å². The minimum atomic E-state index is 0.537. The molecule has 1 saturated heterocycles. The van der Waals surface area contributed by atoms with Gasteiger partial charge in [-0.25, -0.2) is 0 Å². The van der Waals surface area contributed by atoms with Gasteiger partial charge in [0.15, 0.2) is 0 Å². The van der Waals surface area contributed by atoms with Crippen molar-refractivity contribution in [2.75, 3.05) is 6.54 Å². The molecule has 2 rings (SSSR count). The van der Waals surface area contributed by atoms with E-state index in [2.05, 4.69) is 12.2 Å². The van der Waals surface area contributed by atoms with Gasteiger partial charge in [-0.15, -0.1) is 0 Å². The van der Waals surface area contributed by atoms with Crippen molar-refractivity contribution in [1.82, 2.24) is 5.32 Å². The lowest BCUT2D eigenvalue weighted by Gasteiger charge is -2.32. The molecule has 1 heteroatoms. The second-order valence-corrected chi connectivity index (χ2v) is 5.73. The summed E-state index contributed by atoms with van der Waals surface area (Å²) in [6.07, 6.45) is 14.6. The maximum atomic E-state index is 3.79. The Bertz CT molecular complexity index is 174. The van der Waals surface area contributed by atoms with E-state index in [0.717, 1.165) is 5.92 Å². The molecule has 0 bridgehead atoms. The van der Waals surface area contributed by atoms with Crippen LogP contribution < -0.4 is 5.32 Å². The van der Waals surface area contributed by atoms with E-state index in [4.69, 9.17) is 0 Å². The van der Waals surface area contributed by atoms with Crippen LogP contribution in [0.3, 0.4) is 0 Å². The molecule has 1 saturated carbocycles. The van der Waals surface area contributed by atoms with Crippen LogP contribution in [0, 0.1) is 5.92 Å². The first-order valence-corrected chi connectivity index (χ1v) is 7.10. The zero-order valence-electron chi connectivity index (χ0n) is 10.4. The molecule has 1 aliphatic carbocycles. The number of hydrogen-bond acceptors (Lipinski definition) is 1. The highest BCUT2D eigenvalue weighted by Crippen LogP contribution is 2.35. The molecule has 0 spiro atoms. The minimum Gasteiger partial charge on any atom is -0.311 e. The van der Waals surface area contributed by atoms with Crippen LogP contribution >= 0.6 is 0 Å². The van der Waals surface area contributed by atoms with Crippen LogP contribution in [0.25, 0.3) is 0 Å². The Morgan fingerprint density at radius 1 is 1.07 bits per heavy atom. The molecular formula is C14H27N. The Morgan fingerprint density at radius 3 is 2.33 bits per heavy atom. The average molecular weight is 209 g/mol. The fourth-order valence-electron chi connectivity index (χ4n) is 3.61. The molecule has 1 aliphatic heterocycles. The van der Waals surface area contributed by atoms with E-state index in [-0.39, 0.29) is 0 Å². The predicted octanol–water partition coefficient (Wildman–Crippen LogP) is 3.88. The van der Waals surface area contributed by atoms with Gasteiger partial charge in [-0.2, -0.15) is 0 Å². The molecule has 0 amide bonds. The molecule has 1 heterocycles. The van der Waals surface area contributed by atoms with Crippen molar-refractivity contribution in [1.29, 1.82) is 0 Å². The topological polar surface area (TPSA) is 12.0 Å². The number of nitrogens with one attached hydrogen (secondary N) is 1. The quantitative estimate of drug-likeness (QED) is 0.696. The van der Waals surface area contributed by atoms with Gasteiger partial charge in [-0.05, 0) is 38.1 Å². The maximum absolute atomic E-state index is 3.79. The van der Waals surface area contributed by atoms with E-state index in [9.17, 15) is 0 Å². The molecule has 88 valence electrons. The molecule has 0 aromatic rings. The molecule has 1 nitrogen and oxygen atoms in total. The summed E-state index contributed by atoms with van der Waals surface area (Å²) in [5, 5.41) is 3.79. The van der Waals surface area contributed by atoms with Gasteiger partial charge < -0.3 is 5.32 Å². The van der Waals surface area contributed by atoms with Crippen LogP contribution in [-0.4, -0.2) is 12.1 Å². The van der Waals surface area contributed by atoms with Gasteiger partial charge in [-0.3, -0.25) is 0 Å². The molecule has 0 aromatic carbocycles. The van der Waals surface area contributed by atoms with Gasteiger partial charge in [0.05, 0.1) is 0 Å². The third-order valence-electron chi connectivity index (χ3n) is 4.66. The highest BCUT2D eigenvalue weighted by Gasteiger charge is 2.33. The molecule has 2 fully saturated rings. The van der Waals surface area contributed by atoms with Crippen molar-refractivity contribution in [3.05, 3.63) is 0 Å². The Morgan fingerprint density at radius 2 is 1.80 bits per heavy atom. The summed E-state index contributed by atoms with van der Waals surface area (Å²) < 4.78 is 0. The Balaban J connectivity index is 1.87. The predicted molar refractivity (Wildman–Crippen MR) is 66.1 cm³/mol. The third-order valence-corrected chi connectivity index (χ3v) is 4.66. The fourth-order valence-corrected chi connectivity index (χ4v) is 3.61. The maximum Gasteiger partial charge on any atom is 0.0182 e. The Hall–Kier alpha value is -0.0400. The molecule has 1 unspecified atom stereocenters. The van der Waals surface area contributed by atoms with E-state index >= 15 is 0 Å². The largest absolute Gasteiger partial charge is 0.311 e. The van der Waals surface area contributed by atoms with Crippen molar-refractivity contribution in [3.8, 4) is 0 Å². The summed E-state index contributed by atoms with van der Waals surface area (Å²) >= 11 is 0. The van der Waals surface area contributed by atoms with Crippen molar-refractivity contribution < 1.29 is 0 Å². The molecule has 1 atom stereocenters. The monoisotopic (exact) mass is 209 g/mol. The first kappa shape index (κ1) is 11.4. The minimum absolute atomic E-state index is 0.537. The van der Waals surface area contributed by atoms with Gasteiger partial charge >= 0.3 is 0 Å². The zero-order valence-corrected chi connectivity index (χ0v) is 10.4. The summed E-state index contributed by atoms with van der Waals surface area (Å²) in [5.41, 5.74) is 0.537. The highest BCUT2D eigenvalue weighted by atomic mass is 15.0. The Labute approximate surface area is 95.0 Å². The summed E-state index contributed by atoms with van der Waals surface area (Å²) in [7, 11) is 0. The van der Waals surface area contributed by atoms with E-state index < -0.39 is 0 Å². The molecule has 0 radical (unpaired) electrons. The second-order valence-electron chi connectivity index (χ2n) is 5.73. The van der Waals surface area contributed by atoms with Gasteiger partial charge in [0, 0.05) is 5.54 Å². The Kier molecular flexibility index (Phi) is 4.07. The second kappa shape index (κ2) is 5.34. The van der Waals surface area contributed by atoms with Gasteiger partial charge in [0.2, 0.25) is 0 Å². The van der Waals surface area contributed by atoms with Gasteiger partial charge in [0.1, 0.15) is 0 Å². The molecule has 0 aromatic heterocycles. The average Bonchev–Trinajstić information content (AvgIpc) is 2.57. The van der Waals surface area contributed by atoms with E-state index in [1.807, 2.05) is 0 Å². The summed E-state index contributed by atoms with van der Waals surface area (Å²) in [6, 6.07) is 0. The number of rotatable bonds is 3. The van der Waals surface area contributed by atoms with Crippen LogP contribution in [0.1, 0.15) is 71.1 Å². The van der Waals surface area contributed by atoms with Crippen molar-refractivity contribution >= 4 is 0 Å². The SMILES string of the molecule is CCC1(CC2CCCCCC2)CCCN1. The van der Waals surface area contributed by atoms with Crippen molar-refractivity contribution in [2.45, 2.75) is 76.7 Å². The molecule has 1 N–H and O–H groups in total. The van der Waals surface area contributed by atoms with E-state index in [1.165, 1.54) is 70.8 Å². The number of hydrogen-bond donors (Lipinski definition) is 1. The van der Waals surface area contributed by atoms with E-state index in [0.29, 0.717) is 5.54 Å². The lowest BCUT2D eigenvalue weighted by Crippen LogP contribution is -2.40. The van der Waals surface area contributed by atoms with Crippen LogP contribution in [0.2, 0.25) is 0 Å². The van der Waals surface area contributed by atoms with Gasteiger partial charge in [-0.1, -0.05) is 45.4 Å². The third kappa shape index (κ3) is 2.96.